The van der Waals surface area contributed by atoms with Crippen LogP contribution in [0.3, 0.4) is 0 Å². The van der Waals surface area contributed by atoms with Gasteiger partial charge in [0.2, 0.25) is 0 Å². The summed E-state index contributed by atoms with van der Waals surface area (Å²) >= 11 is 0. The summed E-state index contributed by atoms with van der Waals surface area (Å²) in [5, 5.41) is 2.86. The van der Waals surface area contributed by atoms with Gasteiger partial charge in [0.05, 0.1) is 13.5 Å². The molecular weight excluding hydrogens is 366 g/mol. The number of amides is 1. The molecule has 1 N–H and O–H groups in total. The van der Waals surface area contributed by atoms with E-state index in [0.29, 0.717) is 17.0 Å². The van der Waals surface area contributed by atoms with Gasteiger partial charge in [-0.25, -0.2) is 0 Å². The van der Waals surface area contributed by atoms with Gasteiger partial charge < -0.3 is 14.8 Å². The van der Waals surface area contributed by atoms with Crippen molar-refractivity contribution in [1.82, 2.24) is 0 Å². The Morgan fingerprint density at radius 3 is 2.31 bits per heavy atom. The lowest BCUT2D eigenvalue weighted by atomic mass is 10.0. The predicted octanol–water partition coefficient (Wildman–Crippen LogP) is 4.48. The Balaban J connectivity index is 1.65. The Bertz CT molecular complexity index is 985. The molecule has 0 saturated carbocycles. The molecule has 0 aliphatic rings. The van der Waals surface area contributed by atoms with Crippen molar-refractivity contribution in [3.05, 3.63) is 84.4 Å². The maximum Gasteiger partial charge on any atom is 0.311 e. The van der Waals surface area contributed by atoms with Gasteiger partial charge in [-0.15, -0.1) is 0 Å². The van der Waals surface area contributed by atoms with Crippen LogP contribution in [0.25, 0.3) is 11.1 Å². The number of hydrogen-bond acceptors (Lipinski definition) is 4. The Kier molecular flexibility index (Phi) is 6.63. The van der Waals surface area contributed by atoms with Crippen molar-refractivity contribution in [2.75, 3.05) is 12.4 Å². The Morgan fingerprint density at radius 2 is 1.55 bits per heavy atom. The highest BCUT2D eigenvalue weighted by Gasteiger charge is 2.20. The van der Waals surface area contributed by atoms with Gasteiger partial charge in [0.15, 0.2) is 6.10 Å². The lowest BCUT2D eigenvalue weighted by Crippen LogP contribution is -2.30. The molecule has 1 atom stereocenters. The van der Waals surface area contributed by atoms with Gasteiger partial charge in [-0.3, -0.25) is 9.59 Å². The molecule has 1 amide bonds. The molecule has 3 rings (SSSR count). The number of methoxy groups -OCH3 is 1. The molecular formula is C24H23NO4. The first-order valence-electron chi connectivity index (χ1n) is 9.35. The molecule has 0 unspecified atom stereocenters. The third-order valence-corrected chi connectivity index (χ3v) is 4.47. The molecule has 0 aliphatic heterocycles. The largest absolute Gasteiger partial charge is 0.496 e. The third kappa shape index (κ3) is 5.23. The summed E-state index contributed by atoms with van der Waals surface area (Å²) in [6.45, 7) is 1.56. The Labute approximate surface area is 170 Å². The van der Waals surface area contributed by atoms with Crippen LogP contribution in [0.4, 0.5) is 5.69 Å². The van der Waals surface area contributed by atoms with Crippen molar-refractivity contribution in [3.63, 3.8) is 0 Å². The van der Waals surface area contributed by atoms with E-state index in [1.54, 1.807) is 26.2 Å². The molecule has 0 spiro atoms. The maximum absolute atomic E-state index is 12.6. The SMILES string of the molecule is COc1ccccc1CC(=O)O[C@@H](C)C(=O)Nc1ccccc1-c1ccccc1. The highest BCUT2D eigenvalue weighted by molar-refractivity contribution is 5.98. The first-order valence-corrected chi connectivity index (χ1v) is 9.35. The quantitative estimate of drug-likeness (QED) is 0.606. The molecule has 0 aromatic heterocycles. The van der Waals surface area contributed by atoms with Gasteiger partial charge in [-0.1, -0.05) is 66.7 Å². The van der Waals surface area contributed by atoms with Crippen LogP contribution in [0.1, 0.15) is 12.5 Å². The summed E-state index contributed by atoms with van der Waals surface area (Å²) in [7, 11) is 1.55. The second-order valence-electron chi connectivity index (χ2n) is 6.52. The molecule has 0 fully saturated rings. The lowest BCUT2D eigenvalue weighted by molar-refractivity contribution is -0.152. The number of nitrogens with one attached hydrogen (secondary N) is 1. The van der Waals surface area contributed by atoms with Gasteiger partial charge in [0.1, 0.15) is 5.75 Å². The predicted molar refractivity (Wildman–Crippen MR) is 113 cm³/mol. The minimum Gasteiger partial charge on any atom is -0.496 e. The van der Waals surface area contributed by atoms with E-state index in [4.69, 9.17) is 9.47 Å². The van der Waals surface area contributed by atoms with Crippen molar-refractivity contribution in [2.24, 2.45) is 0 Å². The number of carbonyl (C=O) groups is 2. The number of rotatable bonds is 7. The maximum atomic E-state index is 12.6. The third-order valence-electron chi connectivity index (χ3n) is 4.47. The van der Waals surface area contributed by atoms with Crippen LogP contribution in [0.2, 0.25) is 0 Å². The molecule has 148 valence electrons. The van der Waals surface area contributed by atoms with E-state index in [9.17, 15) is 9.59 Å². The second-order valence-corrected chi connectivity index (χ2v) is 6.52. The number of para-hydroxylation sites is 2. The number of hydrogen-bond donors (Lipinski definition) is 1. The molecule has 0 bridgehead atoms. The van der Waals surface area contributed by atoms with Crippen molar-refractivity contribution in [1.29, 1.82) is 0 Å². The van der Waals surface area contributed by atoms with Crippen molar-refractivity contribution in [2.45, 2.75) is 19.4 Å². The highest BCUT2D eigenvalue weighted by atomic mass is 16.5. The number of benzene rings is 3. The van der Waals surface area contributed by atoms with Crippen molar-refractivity contribution in [3.8, 4) is 16.9 Å². The summed E-state index contributed by atoms with van der Waals surface area (Å²) in [4.78, 5) is 24.9. The topological polar surface area (TPSA) is 64.6 Å². The van der Waals surface area contributed by atoms with E-state index in [2.05, 4.69) is 5.32 Å². The van der Waals surface area contributed by atoms with Crippen LogP contribution in [0, 0.1) is 0 Å². The van der Waals surface area contributed by atoms with E-state index in [1.165, 1.54) is 0 Å². The lowest BCUT2D eigenvalue weighted by Gasteiger charge is -2.16. The summed E-state index contributed by atoms with van der Waals surface area (Å²) in [6.07, 6.45) is -0.900. The van der Waals surface area contributed by atoms with Crippen molar-refractivity contribution >= 4 is 17.6 Å². The summed E-state index contributed by atoms with van der Waals surface area (Å²) in [6, 6.07) is 24.5. The first-order chi connectivity index (χ1) is 14.1. The monoisotopic (exact) mass is 389 g/mol. The summed E-state index contributed by atoms with van der Waals surface area (Å²) in [5.41, 5.74) is 3.26. The zero-order valence-corrected chi connectivity index (χ0v) is 16.4. The molecule has 0 saturated heterocycles. The minimum absolute atomic E-state index is 0.0300. The van der Waals surface area contributed by atoms with Crippen LogP contribution in [-0.4, -0.2) is 25.1 Å². The van der Waals surface area contributed by atoms with Crippen LogP contribution >= 0.6 is 0 Å². The zero-order valence-electron chi connectivity index (χ0n) is 16.4. The van der Waals surface area contributed by atoms with Crippen LogP contribution in [0.15, 0.2) is 78.9 Å². The molecule has 3 aromatic carbocycles. The van der Waals surface area contributed by atoms with Crippen molar-refractivity contribution < 1.29 is 19.1 Å². The van der Waals surface area contributed by atoms with E-state index in [1.807, 2.05) is 66.7 Å². The zero-order chi connectivity index (χ0) is 20.6. The first kappa shape index (κ1) is 20.1. The molecule has 3 aromatic rings. The standard InChI is InChI=1S/C24H23NO4/c1-17(29-23(26)16-19-12-6-9-15-22(19)28-2)24(27)25-21-14-8-7-13-20(21)18-10-4-3-5-11-18/h3-15,17H,16H2,1-2H3,(H,25,27)/t17-/m0/s1. The average molecular weight is 389 g/mol. The summed E-state index contributed by atoms with van der Waals surface area (Å²) < 4.78 is 10.6. The fraction of sp³-hybridized carbons (Fsp3) is 0.167. The van der Waals surface area contributed by atoms with Crippen LogP contribution in [0.5, 0.6) is 5.75 Å². The number of carbonyl (C=O) groups excluding carboxylic acids is 2. The van der Waals surface area contributed by atoms with Gasteiger partial charge >= 0.3 is 5.97 Å². The van der Waals surface area contributed by atoms with Crippen LogP contribution < -0.4 is 10.1 Å². The molecule has 29 heavy (non-hydrogen) atoms. The summed E-state index contributed by atoms with van der Waals surface area (Å²) in [5.74, 6) is -0.270. The van der Waals surface area contributed by atoms with E-state index < -0.39 is 12.1 Å². The Morgan fingerprint density at radius 1 is 0.897 bits per heavy atom. The average Bonchev–Trinajstić information content (AvgIpc) is 2.75. The van der Waals surface area contributed by atoms with Gasteiger partial charge in [0.25, 0.3) is 5.91 Å². The normalized spacial score (nSPS) is 11.4. The van der Waals surface area contributed by atoms with Gasteiger partial charge in [-0.05, 0) is 24.6 Å². The minimum atomic E-state index is -0.930. The fourth-order valence-corrected chi connectivity index (χ4v) is 2.99. The fourth-order valence-electron chi connectivity index (χ4n) is 2.99. The van der Waals surface area contributed by atoms with E-state index in [-0.39, 0.29) is 12.3 Å². The second kappa shape index (κ2) is 9.55. The number of esters is 1. The smallest absolute Gasteiger partial charge is 0.311 e. The van der Waals surface area contributed by atoms with E-state index in [0.717, 1.165) is 11.1 Å². The van der Waals surface area contributed by atoms with Crippen LogP contribution in [-0.2, 0) is 20.7 Å². The number of anilines is 1. The highest BCUT2D eigenvalue weighted by Crippen LogP contribution is 2.27. The number of ether oxygens (including phenoxy) is 2. The Hall–Kier alpha value is -3.60. The van der Waals surface area contributed by atoms with Gasteiger partial charge in [0, 0.05) is 16.8 Å². The van der Waals surface area contributed by atoms with E-state index >= 15 is 0 Å². The van der Waals surface area contributed by atoms with Gasteiger partial charge in [-0.2, -0.15) is 0 Å². The molecule has 0 radical (unpaired) electrons. The molecule has 5 heteroatoms. The molecule has 5 nitrogen and oxygen atoms in total. The molecule has 0 aliphatic carbocycles. The molecule has 0 heterocycles.